The van der Waals surface area contributed by atoms with Gasteiger partial charge in [0.05, 0.1) is 17.2 Å². The molecule has 1 unspecified atom stereocenters. The topological polar surface area (TPSA) is 97.2 Å². The number of aromatic nitrogens is 2. The fraction of sp³-hybridized carbons (Fsp3) is 0.583. The van der Waals surface area contributed by atoms with Gasteiger partial charge in [-0.25, -0.2) is 0 Å². The van der Waals surface area contributed by atoms with E-state index in [-0.39, 0.29) is 17.9 Å². The molecule has 0 radical (unpaired) electrons. The monoisotopic (exact) mass is 433 g/mol. The van der Waals surface area contributed by atoms with Crippen LogP contribution in [0, 0.1) is 17.2 Å². The van der Waals surface area contributed by atoms with Crippen LogP contribution in [0.1, 0.15) is 37.7 Å². The molecule has 2 aromatic rings. The molecule has 1 amide bonds. The minimum Gasteiger partial charge on any atom is -0.369 e. The Morgan fingerprint density at radius 1 is 1.03 bits per heavy atom. The molecule has 4 heterocycles. The van der Waals surface area contributed by atoms with Crippen molar-refractivity contribution >= 4 is 22.6 Å². The lowest BCUT2D eigenvalue weighted by Crippen LogP contribution is -2.51. The second kappa shape index (κ2) is 9.39. The number of fused-ring (bicyclic) bond motifs is 1. The molecule has 168 valence electrons. The van der Waals surface area contributed by atoms with Crippen LogP contribution in [0.5, 0.6) is 0 Å². The minimum absolute atomic E-state index is 0.0141. The maximum atomic E-state index is 13.0. The fourth-order valence-electron chi connectivity index (χ4n) is 5.48. The van der Waals surface area contributed by atoms with Gasteiger partial charge >= 0.3 is 0 Å². The van der Waals surface area contributed by atoms with Gasteiger partial charge in [-0.1, -0.05) is 0 Å². The Morgan fingerprint density at radius 2 is 1.78 bits per heavy atom. The number of rotatable bonds is 4. The van der Waals surface area contributed by atoms with Crippen LogP contribution in [0.25, 0.3) is 11.0 Å². The van der Waals surface area contributed by atoms with E-state index in [9.17, 15) is 10.1 Å². The molecule has 0 spiro atoms. The average Bonchev–Trinajstić information content (AvgIpc) is 3.35. The van der Waals surface area contributed by atoms with Crippen molar-refractivity contribution in [1.82, 2.24) is 25.5 Å². The van der Waals surface area contributed by atoms with Gasteiger partial charge in [0.15, 0.2) is 0 Å². The number of amides is 1. The number of benzene rings is 1. The van der Waals surface area contributed by atoms with E-state index >= 15 is 0 Å². The highest BCUT2D eigenvalue weighted by Crippen LogP contribution is 2.31. The van der Waals surface area contributed by atoms with Gasteiger partial charge in [0.2, 0.25) is 5.91 Å². The van der Waals surface area contributed by atoms with Gasteiger partial charge < -0.3 is 20.4 Å². The summed E-state index contributed by atoms with van der Waals surface area (Å²) < 4.78 is 0. The summed E-state index contributed by atoms with van der Waals surface area (Å²) in [5.74, 6) is 0.164. The number of piperidine rings is 2. The molecule has 8 heteroatoms. The number of carbonyl (C=O) groups excluding carboxylic acids is 1. The van der Waals surface area contributed by atoms with E-state index in [1.165, 1.54) is 12.8 Å². The summed E-state index contributed by atoms with van der Waals surface area (Å²) in [6.45, 7) is 5.91. The fourth-order valence-corrected chi connectivity index (χ4v) is 5.48. The Kier molecular flexibility index (Phi) is 6.19. The SMILES string of the molecule is N#Cc1ccc(N2CCC(C(=O)NC3CCN(C4CCNCC4)CC3)C2)c2nccnc12. The van der Waals surface area contributed by atoms with Crippen LogP contribution < -0.4 is 15.5 Å². The van der Waals surface area contributed by atoms with Gasteiger partial charge in [0, 0.05) is 50.7 Å². The molecule has 8 nitrogen and oxygen atoms in total. The van der Waals surface area contributed by atoms with E-state index in [0.29, 0.717) is 23.7 Å². The summed E-state index contributed by atoms with van der Waals surface area (Å²) in [7, 11) is 0. The summed E-state index contributed by atoms with van der Waals surface area (Å²) in [4.78, 5) is 26.7. The molecule has 32 heavy (non-hydrogen) atoms. The standard InChI is InChI=1S/C24H31N7O/c25-15-17-1-2-21(23-22(17)27-10-11-28-23)31-12-5-18(16-31)24(32)29-19-6-13-30(14-7-19)20-3-8-26-9-4-20/h1-2,10-11,18-20,26H,3-9,12-14,16H2,(H,29,32). The van der Waals surface area contributed by atoms with Gasteiger partial charge in [-0.05, 0) is 57.3 Å². The van der Waals surface area contributed by atoms with Gasteiger partial charge in [-0.15, -0.1) is 0 Å². The Bertz CT molecular complexity index is 1010. The highest BCUT2D eigenvalue weighted by Gasteiger charge is 2.32. The Morgan fingerprint density at radius 3 is 2.53 bits per heavy atom. The molecule has 2 N–H and O–H groups in total. The highest BCUT2D eigenvalue weighted by atomic mass is 16.2. The third-order valence-electron chi connectivity index (χ3n) is 7.33. The van der Waals surface area contributed by atoms with Crippen molar-refractivity contribution in [2.24, 2.45) is 5.92 Å². The largest absolute Gasteiger partial charge is 0.369 e. The normalized spacial score (nSPS) is 23.3. The van der Waals surface area contributed by atoms with E-state index in [4.69, 9.17) is 0 Å². The first kappa shape index (κ1) is 21.1. The minimum atomic E-state index is -0.0141. The predicted octanol–water partition coefficient (Wildman–Crippen LogP) is 1.66. The first-order chi connectivity index (χ1) is 15.7. The summed E-state index contributed by atoms with van der Waals surface area (Å²) in [5.41, 5.74) is 2.85. The number of likely N-dealkylation sites (tertiary alicyclic amines) is 1. The first-order valence-electron chi connectivity index (χ1n) is 11.9. The van der Waals surface area contributed by atoms with Crippen molar-refractivity contribution < 1.29 is 4.79 Å². The van der Waals surface area contributed by atoms with Crippen LogP contribution >= 0.6 is 0 Å². The van der Waals surface area contributed by atoms with E-state index < -0.39 is 0 Å². The molecule has 1 aromatic heterocycles. The molecular formula is C24H31N7O. The van der Waals surface area contributed by atoms with Crippen molar-refractivity contribution in [1.29, 1.82) is 5.26 Å². The van der Waals surface area contributed by atoms with Crippen LogP contribution in [0.3, 0.4) is 0 Å². The molecule has 1 aromatic carbocycles. The number of nitrogens with one attached hydrogen (secondary N) is 2. The lowest BCUT2D eigenvalue weighted by molar-refractivity contribution is -0.125. The molecule has 3 aliphatic rings. The van der Waals surface area contributed by atoms with Crippen LogP contribution in [-0.4, -0.2) is 72.1 Å². The summed E-state index contributed by atoms with van der Waals surface area (Å²) in [6.07, 6.45) is 8.67. The van der Waals surface area contributed by atoms with Crippen LogP contribution in [-0.2, 0) is 4.79 Å². The van der Waals surface area contributed by atoms with E-state index in [2.05, 4.69) is 36.5 Å². The number of nitrogens with zero attached hydrogens (tertiary/aromatic N) is 5. The molecule has 0 aliphatic carbocycles. The third kappa shape index (κ3) is 4.27. The van der Waals surface area contributed by atoms with E-state index in [0.717, 1.165) is 63.2 Å². The highest BCUT2D eigenvalue weighted by molar-refractivity contribution is 5.92. The third-order valence-corrected chi connectivity index (χ3v) is 7.33. The molecule has 3 aliphatic heterocycles. The van der Waals surface area contributed by atoms with E-state index in [1.54, 1.807) is 18.5 Å². The number of hydrogen-bond acceptors (Lipinski definition) is 7. The first-order valence-corrected chi connectivity index (χ1v) is 11.9. The van der Waals surface area contributed by atoms with Crippen LogP contribution in [0.15, 0.2) is 24.5 Å². The summed E-state index contributed by atoms with van der Waals surface area (Å²) >= 11 is 0. The molecule has 1 atom stereocenters. The Labute approximate surface area is 189 Å². The Balaban J connectivity index is 1.17. The van der Waals surface area contributed by atoms with Gasteiger partial charge in [0.1, 0.15) is 17.1 Å². The molecular weight excluding hydrogens is 402 g/mol. The Hall–Kier alpha value is -2.76. The summed E-state index contributed by atoms with van der Waals surface area (Å²) in [6, 6.07) is 6.93. The van der Waals surface area contributed by atoms with Gasteiger partial charge in [-0.2, -0.15) is 5.26 Å². The van der Waals surface area contributed by atoms with Gasteiger partial charge in [-0.3, -0.25) is 14.8 Å². The average molecular weight is 434 g/mol. The quantitative estimate of drug-likeness (QED) is 0.757. The number of nitriles is 1. The van der Waals surface area contributed by atoms with Crippen molar-refractivity contribution in [2.45, 2.75) is 44.2 Å². The molecule has 3 fully saturated rings. The molecule has 0 saturated carbocycles. The zero-order chi connectivity index (χ0) is 21.9. The predicted molar refractivity (Wildman–Crippen MR) is 123 cm³/mol. The van der Waals surface area contributed by atoms with Gasteiger partial charge in [0.25, 0.3) is 0 Å². The second-order valence-electron chi connectivity index (χ2n) is 9.23. The van der Waals surface area contributed by atoms with E-state index in [1.807, 2.05) is 6.07 Å². The number of hydrogen-bond donors (Lipinski definition) is 2. The van der Waals surface area contributed by atoms with Crippen LogP contribution in [0.2, 0.25) is 0 Å². The molecule has 5 rings (SSSR count). The van der Waals surface area contributed by atoms with Crippen molar-refractivity contribution in [3.8, 4) is 6.07 Å². The second-order valence-corrected chi connectivity index (χ2v) is 9.23. The molecule has 3 saturated heterocycles. The molecule has 0 bridgehead atoms. The lowest BCUT2D eigenvalue weighted by atomic mass is 9.98. The smallest absolute Gasteiger partial charge is 0.225 e. The number of carbonyl (C=O) groups is 1. The zero-order valence-corrected chi connectivity index (χ0v) is 18.5. The number of anilines is 1. The van der Waals surface area contributed by atoms with Crippen molar-refractivity contribution in [2.75, 3.05) is 44.2 Å². The maximum absolute atomic E-state index is 13.0. The summed E-state index contributed by atoms with van der Waals surface area (Å²) in [5, 5.41) is 16.1. The maximum Gasteiger partial charge on any atom is 0.225 e. The van der Waals surface area contributed by atoms with Crippen LogP contribution in [0.4, 0.5) is 5.69 Å². The zero-order valence-electron chi connectivity index (χ0n) is 18.5. The van der Waals surface area contributed by atoms with Crippen molar-refractivity contribution in [3.05, 3.63) is 30.1 Å². The lowest BCUT2D eigenvalue weighted by Gasteiger charge is -2.39. The van der Waals surface area contributed by atoms with Crippen molar-refractivity contribution in [3.63, 3.8) is 0 Å².